The van der Waals surface area contributed by atoms with E-state index < -0.39 is 9.84 Å². The van der Waals surface area contributed by atoms with Crippen LogP contribution in [-0.2, 0) is 19.4 Å². The minimum Gasteiger partial charge on any atom is -0.379 e. The van der Waals surface area contributed by atoms with Crippen LogP contribution in [-0.4, -0.2) is 69.9 Å². The molecular formula is C25H34ClN3O4S2. The Morgan fingerprint density at radius 3 is 2.37 bits per heavy atom. The molecule has 1 amide bonds. The van der Waals surface area contributed by atoms with E-state index in [1.807, 2.05) is 4.90 Å². The van der Waals surface area contributed by atoms with Crippen LogP contribution in [0, 0.1) is 23.2 Å². The van der Waals surface area contributed by atoms with E-state index in [-0.39, 0.29) is 23.7 Å². The van der Waals surface area contributed by atoms with Crippen molar-refractivity contribution in [3.05, 3.63) is 18.2 Å². The number of ether oxygens (including phenoxy) is 1. The van der Waals surface area contributed by atoms with Crippen molar-refractivity contribution in [2.75, 3.05) is 50.5 Å². The van der Waals surface area contributed by atoms with Gasteiger partial charge >= 0.3 is 0 Å². The molecule has 0 atom stereocenters. The zero-order valence-corrected chi connectivity index (χ0v) is 22.6. The molecule has 2 heterocycles. The fourth-order valence-electron chi connectivity index (χ4n) is 7.25. The maximum absolute atomic E-state index is 14.3. The Morgan fingerprint density at radius 1 is 1.14 bits per heavy atom. The molecule has 7 nitrogen and oxygen atoms in total. The van der Waals surface area contributed by atoms with Crippen LogP contribution in [0.4, 0.5) is 5.13 Å². The number of hydrogen-bond acceptors (Lipinski definition) is 7. The molecular weight excluding hydrogens is 506 g/mol. The highest BCUT2D eigenvalue weighted by Crippen LogP contribution is 2.60. The Balaban J connectivity index is 0.00000253. The van der Waals surface area contributed by atoms with Gasteiger partial charge in [0.2, 0.25) is 5.91 Å². The molecule has 0 spiro atoms. The number of fused-ring (bicyclic) bond motifs is 1. The molecule has 5 fully saturated rings. The van der Waals surface area contributed by atoms with Crippen LogP contribution in [0.5, 0.6) is 0 Å². The second-order valence-electron chi connectivity index (χ2n) is 11.0. The highest BCUT2D eigenvalue weighted by atomic mass is 35.5. The van der Waals surface area contributed by atoms with Crippen LogP contribution in [0.2, 0.25) is 0 Å². The number of anilines is 1. The minimum absolute atomic E-state index is 0. The molecule has 35 heavy (non-hydrogen) atoms. The topological polar surface area (TPSA) is 79.8 Å². The average Bonchev–Trinajstić information content (AvgIpc) is 3.21. The monoisotopic (exact) mass is 539 g/mol. The lowest BCUT2D eigenvalue weighted by atomic mass is 9.49. The number of hydrogen-bond donors (Lipinski definition) is 0. The molecule has 0 unspecified atom stereocenters. The van der Waals surface area contributed by atoms with Gasteiger partial charge in [-0.1, -0.05) is 11.3 Å². The maximum Gasteiger partial charge on any atom is 0.235 e. The molecule has 1 saturated heterocycles. The number of rotatable bonds is 6. The Bertz CT molecular complexity index is 1170. The second-order valence-corrected chi connectivity index (χ2v) is 14.0. The van der Waals surface area contributed by atoms with E-state index in [4.69, 9.17) is 9.72 Å². The number of morpholine rings is 1. The number of thiazole rings is 1. The maximum atomic E-state index is 14.3. The van der Waals surface area contributed by atoms with E-state index in [0.717, 1.165) is 62.3 Å². The van der Waals surface area contributed by atoms with Gasteiger partial charge in [-0.05, 0) is 74.5 Å². The standard InChI is InChI=1S/C25H33N3O4S2.ClH/c1-34(30,31)20-2-3-21-22(13-20)33-24(26-21)28(5-4-27-6-8-32-9-7-27)23(29)25-14-17-10-18(15-25)12-19(11-17)16-25;/h2-3,13,17-19H,4-12,14-16H2,1H3;1H. The van der Waals surface area contributed by atoms with Gasteiger partial charge in [0.25, 0.3) is 0 Å². The van der Waals surface area contributed by atoms with Gasteiger partial charge in [0.05, 0.1) is 33.7 Å². The van der Waals surface area contributed by atoms with E-state index in [1.165, 1.54) is 36.9 Å². The van der Waals surface area contributed by atoms with Gasteiger partial charge in [0, 0.05) is 32.4 Å². The lowest BCUT2D eigenvalue weighted by Crippen LogP contribution is -2.56. The Hall–Kier alpha value is -1.26. The van der Waals surface area contributed by atoms with E-state index in [1.54, 1.807) is 18.2 Å². The van der Waals surface area contributed by atoms with Crippen LogP contribution in [0.25, 0.3) is 10.2 Å². The third kappa shape index (κ3) is 4.87. The van der Waals surface area contributed by atoms with E-state index in [2.05, 4.69) is 4.90 Å². The number of carbonyl (C=O) groups is 1. The summed E-state index contributed by atoms with van der Waals surface area (Å²) in [4.78, 5) is 23.8. The van der Waals surface area contributed by atoms with E-state index in [9.17, 15) is 13.2 Å². The first kappa shape index (κ1) is 25.4. The van der Waals surface area contributed by atoms with Gasteiger partial charge < -0.3 is 4.74 Å². The van der Waals surface area contributed by atoms with Crippen molar-refractivity contribution in [3.8, 4) is 0 Å². The third-order valence-corrected chi connectivity index (χ3v) is 10.6. The second kappa shape index (κ2) is 9.56. The first-order chi connectivity index (χ1) is 16.3. The molecule has 192 valence electrons. The van der Waals surface area contributed by atoms with Crippen molar-refractivity contribution in [2.45, 2.75) is 43.4 Å². The van der Waals surface area contributed by atoms with Crippen molar-refractivity contribution in [1.82, 2.24) is 9.88 Å². The highest BCUT2D eigenvalue weighted by molar-refractivity contribution is 7.90. The van der Waals surface area contributed by atoms with Crippen LogP contribution in [0.1, 0.15) is 38.5 Å². The number of aromatic nitrogens is 1. The van der Waals surface area contributed by atoms with Gasteiger partial charge in [-0.15, -0.1) is 12.4 Å². The summed E-state index contributed by atoms with van der Waals surface area (Å²) in [6.07, 6.45) is 8.20. The Labute approximate surface area is 217 Å². The van der Waals surface area contributed by atoms with Gasteiger partial charge in [0.15, 0.2) is 15.0 Å². The molecule has 4 bridgehead atoms. The molecule has 1 aliphatic heterocycles. The zero-order valence-electron chi connectivity index (χ0n) is 20.1. The third-order valence-electron chi connectivity index (χ3n) is 8.49. The zero-order chi connectivity index (χ0) is 23.5. The lowest BCUT2D eigenvalue weighted by molar-refractivity contribution is -0.143. The predicted molar refractivity (Wildman–Crippen MR) is 140 cm³/mol. The predicted octanol–water partition coefficient (Wildman–Crippen LogP) is 4.00. The number of sulfone groups is 1. The summed E-state index contributed by atoms with van der Waals surface area (Å²) in [5.41, 5.74) is 0.511. The van der Waals surface area contributed by atoms with Crippen molar-refractivity contribution in [3.63, 3.8) is 0 Å². The van der Waals surface area contributed by atoms with Crippen LogP contribution in [0.15, 0.2) is 23.1 Å². The van der Waals surface area contributed by atoms with E-state index >= 15 is 0 Å². The summed E-state index contributed by atoms with van der Waals surface area (Å²) in [6, 6.07) is 5.07. The molecule has 7 rings (SSSR count). The van der Waals surface area contributed by atoms with E-state index in [0.29, 0.717) is 34.3 Å². The molecule has 2 aromatic rings. The molecule has 1 aromatic carbocycles. The normalized spacial score (nSPS) is 30.4. The molecule has 1 aromatic heterocycles. The summed E-state index contributed by atoms with van der Waals surface area (Å²) < 4.78 is 30.4. The summed E-state index contributed by atoms with van der Waals surface area (Å²) in [5, 5.41) is 0.703. The van der Waals surface area contributed by atoms with Gasteiger partial charge in [-0.2, -0.15) is 0 Å². The molecule has 0 radical (unpaired) electrons. The Morgan fingerprint density at radius 2 is 1.77 bits per heavy atom. The summed E-state index contributed by atoms with van der Waals surface area (Å²) in [5.74, 6) is 2.35. The minimum atomic E-state index is -3.30. The number of amides is 1. The van der Waals surface area contributed by atoms with Crippen LogP contribution < -0.4 is 4.90 Å². The van der Waals surface area contributed by atoms with Gasteiger partial charge in [-0.3, -0.25) is 14.6 Å². The first-order valence-electron chi connectivity index (χ1n) is 12.5. The SMILES string of the molecule is CS(=O)(=O)c1ccc2nc(N(CCN3CCOCC3)C(=O)C34CC5CC(CC(C5)C3)C4)sc2c1.Cl. The lowest BCUT2D eigenvalue weighted by Gasteiger charge is -2.56. The largest absolute Gasteiger partial charge is 0.379 e. The average molecular weight is 540 g/mol. The fourth-order valence-corrected chi connectivity index (χ4v) is 9.00. The van der Waals surface area contributed by atoms with Gasteiger partial charge in [0.1, 0.15) is 0 Å². The van der Waals surface area contributed by atoms with Crippen molar-refractivity contribution in [1.29, 1.82) is 0 Å². The number of halogens is 1. The van der Waals surface area contributed by atoms with Crippen molar-refractivity contribution < 1.29 is 17.9 Å². The molecule has 0 N–H and O–H groups in total. The highest BCUT2D eigenvalue weighted by Gasteiger charge is 2.56. The smallest absolute Gasteiger partial charge is 0.235 e. The molecule has 4 saturated carbocycles. The summed E-state index contributed by atoms with van der Waals surface area (Å²) >= 11 is 1.44. The molecule has 10 heteroatoms. The van der Waals surface area contributed by atoms with Crippen molar-refractivity contribution >= 4 is 54.8 Å². The van der Waals surface area contributed by atoms with Crippen molar-refractivity contribution in [2.24, 2.45) is 23.2 Å². The fraction of sp³-hybridized carbons (Fsp3) is 0.680. The summed E-state index contributed by atoms with van der Waals surface area (Å²) in [6.45, 7) is 4.65. The Kier molecular flexibility index (Phi) is 6.94. The molecule has 5 aliphatic rings. The van der Waals surface area contributed by atoms with Crippen LogP contribution in [0.3, 0.4) is 0 Å². The molecule has 4 aliphatic carbocycles. The number of benzene rings is 1. The first-order valence-corrected chi connectivity index (χ1v) is 15.2. The quantitative estimate of drug-likeness (QED) is 0.552. The van der Waals surface area contributed by atoms with Gasteiger partial charge in [-0.25, -0.2) is 13.4 Å². The summed E-state index contributed by atoms with van der Waals surface area (Å²) in [7, 11) is -3.30. The number of nitrogens with zero attached hydrogens (tertiary/aromatic N) is 3. The van der Waals surface area contributed by atoms with Crippen LogP contribution >= 0.6 is 23.7 Å². The number of carbonyl (C=O) groups excluding carboxylic acids is 1.